The summed E-state index contributed by atoms with van der Waals surface area (Å²) in [4.78, 5) is 24.7. The van der Waals surface area contributed by atoms with Gasteiger partial charge in [-0.1, -0.05) is 6.07 Å². The summed E-state index contributed by atoms with van der Waals surface area (Å²) in [6.45, 7) is 1.44. The third-order valence-corrected chi connectivity index (χ3v) is 3.06. The lowest BCUT2D eigenvalue weighted by molar-refractivity contribution is -0.142. The van der Waals surface area contributed by atoms with Gasteiger partial charge in [0.25, 0.3) is 0 Å². The molecule has 108 valence electrons. The lowest BCUT2D eigenvalue weighted by atomic mass is 10.3. The average molecular weight is 278 g/mol. The number of likely N-dealkylation sites (tertiary alicyclic amines) is 1. The fourth-order valence-corrected chi connectivity index (χ4v) is 1.99. The summed E-state index contributed by atoms with van der Waals surface area (Å²) in [7, 11) is 1.30. The van der Waals surface area contributed by atoms with Crippen molar-refractivity contribution in [3.05, 3.63) is 24.3 Å². The number of amides is 2. The third-order valence-electron chi connectivity index (χ3n) is 3.06. The molecule has 1 N–H and O–H groups in total. The predicted molar refractivity (Wildman–Crippen MR) is 73.8 cm³/mol. The van der Waals surface area contributed by atoms with Crippen LogP contribution in [0.3, 0.4) is 0 Å². The van der Waals surface area contributed by atoms with Gasteiger partial charge >= 0.3 is 12.0 Å². The van der Waals surface area contributed by atoms with Gasteiger partial charge in [-0.05, 0) is 25.0 Å². The predicted octanol–water partition coefficient (Wildman–Crippen LogP) is 1.87. The van der Waals surface area contributed by atoms with Gasteiger partial charge in [-0.3, -0.25) is 0 Å². The van der Waals surface area contributed by atoms with Crippen molar-refractivity contribution in [3.8, 4) is 5.75 Å². The first-order valence-electron chi connectivity index (χ1n) is 6.54. The Balaban J connectivity index is 1.91. The van der Waals surface area contributed by atoms with Crippen LogP contribution in [0, 0.1) is 0 Å². The van der Waals surface area contributed by atoms with Crippen molar-refractivity contribution in [1.82, 2.24) is 4.90 Å². The first kappa shape index (κ1) is 14.2. The van der Waals surface area contributed by atoms with Gasteiger partial charge in [0.1, 0.15) is 5.75 Å². The summed E-state index contributed by atoms with van der Waals surface area (Å²) in [5.74, 6) is 0.0612. The van der Waals surface area contributed by atoms with E-state index in [0.29, 0.717) is 11.4 Å². The van der Waals surface area contributed by atoms with Crippen LogP contribution in [0.1, 0.15) is 12.8 Å². The Morgan fingerprint density at radius 3 is 2.75 bits per heavy atom. The number of urea groups is 1. The molecule has 0 aliphatic carbocycles. The van der Waals surface area contributed by atoms with Crippen LogP contribution in [0.25, 0.3) is 0 Å². The van der Waals surface area contributed by atoms with E-state index in [1.807, 2.05) is 0 Å². The molecular weight excluding hydrogens is 260 g/mol. The molecule has 1 aliphatic rings. The van der Waals surface area contributed by atoms with E-state index in [9.17, 15) is 9.59 Å². The maximum Gasteiger partial charge on any atom is 0.343 e. The Kier molecular flexibility index (Phi) is 4.81. The minimum atomic E-state index is -0.448. The molecule has 0 bridgehead atoms. The molecule has 0 spiro atoms. The molecule has 1 heterocycles. The summed E-state index contributed by atoms with van der Waals surface area (Å²) >= 11 is 0. The molecule has 1 aliphatic heterocycles. The number of hydrogen-bond acceptors (Lipinski definition) is 4. The normalized spacial score (nSPS) is 13.9. The van der Waals surface area contributed by atoms with Crippen LogP contribution in [-0.2, 0) is 9.53 Å². The molecule has 2 rings (SSSR count). The fraction of sp³-hybridized carbons (Fsp3) is 0.429. The van der Waals surface area contributed by atoms with E-state index in [-0.39, 0.29) is 12.6 Å². The molecule has 1 saturated heterocycles. The van der Waals surface area contributed by atoms with Gasteiger partial charge in [-0.15, -0.1) is 0 Å². The zero-order valence-electron chi connectivity index (χ0n) is 11.4. The number of ether oxygens (including phenoxy) is 2. The van der Waals surface area contributed by atoms with E-state index < -0.39 is 5.97 Å². The number of benzene rings is 1. The Hall–Kier alpha value is -2.24. The van der Waals surface area contributed by atoms with Crippen molar-refractivity contribution >= 4 is 17.7 Å². The van der Waals surface area contributed by atoms with Gasteiger partial charge in [0.2, 0.25) is 0 Å². The summed E-state index contributed by atoms with van der Waals surface area (Å²) in [6.07, 6.45) is 2.10. The molecule has 0 unspecified atom stereocenters. The van der Waals surface area contributed by atoms with Crippen LogP contribution in [0.5, 0.6) is 5.75 Å². The molecule has 1 fully saturated rings. The molecule has 0 radical (unpaired) electrons. The third kappa shape index (κ3) is 3.88. The summed E-state index contributed by atoms with van der Waals surface area (Å²) < 4.78 is 9.76. The number of nitrogens with one attached hydrogen (secondary N) is 1. The van der Waals surface area contributed by atoms with Gasteiger partial charge in [-0.2, -0.15) is 0 Å². The second-order valence-electron chi connectivity index (χ2n) is 4.52. The van der Waals surface area contributed by atoms with Gasteiger partial charge in [0.05, 0.1) is 7.11 Å². The van der Waals surface area contributed by atoms with Gasteiger partial charge in [-0.25, -0.2) is 9.59 Å². The van der Waals surface area contributed by atoms with Crippen LogP contribution >= 0.6 is 0 Å². The Morgan fingerprint density at radius 2 is 2.05 bits per heavy atom. The first-order chi connectivity index (χ1) is 9.69. The minimum Gasteiger partial charge on any atom is -0.482 e. The number of rotatable bonds is 4. The monoisotopic (exact) mass is 278 g/mol. The van der Waals surface area contributed by atoms with Gasteiger partial charge in [0, 0.05) is 24.8 Å². The van der Waals surface area contributed by atoms with E-state index in [2.05, 4.69) is 10.1 Å². The molecule has 1 aromatic carbocycles. The highest BCUT2D eigenvalue weighted by molar-refractivity contribution is 5.89. The van der Waals surface area contributed by atoms with Crippen LogP contribution in [0.4, 0.5) is 10.5 Å². The van der Waals surface area contributed by atoms with E-state index in [1.165, 1.54) is 7.11 Å². The molecule has 1 aromatic rings. The van der Waals surface area contributed by atoms with E-state index in [4.69, 9.17) is 4.74 Å². The zero-order valence-corrected chi connectivity index (χ0v) is 11.4. The number of carbonyl (C=O) groups is 2. The maximum absolute atomic E-state index is 11.9. The van der Waals surface area contributed by atoms with Crippen molar-refractivity contribution in [2.24, 2.45) is 0 Å². The highest BCUT2D eigenvalue weighted by Crippen LogP contribution is 2.18. The lowest BCUT2D eigenvalue weighted by Crippen LogP contribution is -2.32. The van der Waals surface area contributed by atoms with Crippen LogP contribution in [0.15, 0.2) is 24.3 Å². The van der Waals surface area contributed by atoms with Crippen molar-refractivity contribution in [2.75, 3.05) is 32.1 Å². The molecule has 0 saturated carbocycles. The second-order valence-corrected chi connectivity index (χ2v) is 4.52. The Labute approximate surface area is 117 Å². The van der Waals surface area contributed by atoms with Crippen LogP contribution < -0.4 is 10.1 Å². The number of hydrogen-bond donors (Lipinski definition) is 1. The van der Waals surface area contributed by atoms with Crippen LogP contribution in [-0.4, -0.2) is 43.7 Å². The number of carbonyl (C=O) groups excluding carboxylic acids is 2. The molecular formula is C14H18N2O4. The zero-order chi connectivity index (χ0) is 14.4. The highest BCUT2D eigenvalue weighted by atomic mass is 16.6. The van der Waals surface area contributed by atoms with E-state index in [1.54, 1.807) is 29.2 Å². The molecule has 0 atom stereocenters. The van der Waals surface area contributed by atoms with Gasteiger partial charge < -0.3 is 19.7 Å². The fourth-order valence-electron chi connectivity index (χ4n) is 1.99. The number of nitrogens with zero attached hydrogens (tertiary/aromatic N) is 1. The summed E-state index contributed by atoms with van der Waals surface area (Å²) in [5, 5.41) is 2.82. The van der Waals surface area contributed by atoms with E-state index >= 15 is 0 Å². The minimum absolute atomic E-state index is 0.104. The maximum atomic E-state index is 11.9. The smallest absolute Gasteiger partial charge is 0.343 e. The standard InChI is InChI=1S/C14H18N2O4/c1-19-13(17)10-20-12-6-4-5-11(9-12)15-14(18)16-7-2-3-8-16/h4-6,9H,2-3,7-8,10H2,1H3,(H,15,18). The molecule has 2 amide bonds. The highest BCUT2D eigenvalue weighted by Gasteiger charge is 2.17. The topological polar surface area (TPSA) is 67.9 Å². The Bertz CT molecular complexity index is 484. The van der Waals surface area contributed by atoms with Crippen molar-refractivity contribution in [3.63, 3.8) is 0 Å². The van der Waals surface area contributed by atoms with Crippen molar-refractivity contribution in [2.45, 2.75) is 12.8 Å². The number of anilines is 1. The molecule has 6 heteroatoms. The largest absolute Gasteiger partial charge is 0.482 e. The first-order valence-corrected chi connectivity index (χ1v) is 6.54. The second kappa shape index (κ2) is 6.79. The van der Waals surface area contributed by atoms with Crippen molar-refractivity contribution in [1.29, 1.82) is 0 Å². The number of methoxy groups -OCH3 is 1. The van der Waals surface area contributed by atoms with Crippen molar-refractivity contribution < 1.29 is 19.1 Å². The summed E-state index contributed by atoms with van der Waals surface area (Å²) in [6, 6.07) is 6.82. The quantitative estimate of drug-likeness (QED) is 0.854. The van der Waals surface area contributed by atoms with E-state index in [0.717, 1.165) is 25.9 Å². The summed E-state index contributed by atoms with van der Waals surface area (Å²) in [5.41, 5.74) is 0.643. The molecule has 6 nitrogen and oxygen atoms in total. The molecule has 0 aromatic heterocycles. The van der Waals surface area contributed by atoms with Crippen LogP contribution in [0.2, 0.25) is 0 Å². The lowest BCUT2D eigenvalue weighted by Gasteiger charge is -2.16. The van der Waals surface area contributed by atoms with Gasteiger partial charge in [0.15, 0.2) is 6.61 Å². The SMILES string of the molecule is COC(=O)COc1cccc(NC(=O)N2CCCC2)c1. The average Bonchev–Trinajstić information content (AvgIpc) is 2.99. The molecule has 20 heavy (non-hydrogen) atoms. The number of esters is 1. The Morgan fingerprint density at radius 1 is 1.30 bits per heavy atom.